The zero-order valence-corrected chi connectivity index (χ0v) is 17.2. The molecule has 1 aromatic heterocycles. The third-order valence-corrected chi connectivity index (χ3v) is 6.03. The van der Waals surface area contributed by atoms with Gasteiger partial charge in [-0.25, -0.2) is 8.42 Å². The first-order valence-electron chi connectivity index (χ1n) is 8.89. The van der Waals surface area contributed by atoms with Crippen molar-refractivity contribution in [2.75, 3.05) is 11.8 Å². The maximum atomic E-state index is 13.1. The molecule has 0 spiro atoms. The monoisotopic (exact) mass is 414 g/mol. The first-order chi connectivity index (χ1) is 13.8. The molecule has 0 unspecified atom stereocenters. The van der Waals surface area contributed by atoms with Crippen molar-refractivity contribution in [3.8, 4) is 5.75 Å². The molecule has 0 aliphatic rings. The summed E-state index contributed by atoms with van der Waals surface area (Å²) in [7, 11) is -2.39. The van der Waals surface area contributed by atoms with Crippen molar-refractivity contribution in [3.63, 3.8) is 0 Å². The summed E-state index contributed by atoms with van der Waals surface area (Å²) in [6, 6.07) is 13.2. The van der Waals surface area contributed by atoms with Crippen molar-refractivity contribution in [1.29, 1.82) is 0 Å². The van der Waals surface area contributed by atoms with E-state index in [-0.39, 0.29) is 22.7 Å². The minimum Gasteiger partial charge on any atom is -0.497 e. The fourth-order valence-corrected chi connectivity index (χ4v) is 4.63. The number of nitrogens with one attached hydrogen (secondary N) is 2. The molecular weight excluding hydrogens is 392 g/mol. The molecule has 2 N–H and O–H groups in total. The molecule has 0 bridgehead atoms. The maximum Gasteiger partial charge on any atom is 0.262 e. The average Bonchev–Trinajstić information content (AvgIpc) is 3.19. The number of ether oxygens (including phenoxy) is 1. The molecule has 3 aromatic rings. The molecule has 0 saturated heterocycles. The SMILES string of the molecule is COc1cc(C)c(S(=O)(=O)Nc2ccccc2C(=O)NCc2ccco2)c(C)c1. The molecule has 2 aromatic carbocycles. The summed E-state index contributed by atoms with van der Waals surface area (Å²) in [4.78, 5) is 12.8. The highest BCUT2D eigenvalue weighted by Gasteiger charge is 2.23. The highest BCUT2D eigenvalue weighted by molar-refractivity contribution is 7.92. The Morgan fingerprint density at radius 1 is 1.07 bits per heavy atom. The van der Waals surface area contributed by atoms with Gasteiger partial charge in [0.1, 0.15) is 11.5 Å². The largest absolute Gasteiger partial charge is 0.497 e. The van der Waals surface area contributed by atoms with Crippen molar-refractivity contribution in [2.45, 2.75) is 25.3 Å². The van der Waals surface area contributed by atoms with Crippen LogP contribution in [-0.2, 0) is 16.6 Å². The van der Waals surface area contributed by atoms with Crippen LogP contribution in [0.2, 0.25) is 0 Å². The van der Waals surface area contributed by atoms with Gasteiger partial charge >= 0.3 is 0 Å². The van der Waals surface area contributed by atoms with Gasteiger partial charge in [0.25, 0.3) is 15.9 Å². The maximum absolute atomic E-state index is 13.1. The van der Waals surface area contributed by atoms with Crippen molar-refractivity contribution >= 4 is 21.6 Å². The zero-order valence-electron chi connectivity index (χ0n) is 16.4. The Hall–Kier alpha value is -3.26. The summed E-state index contributed by atoms with van der Waals surface area (Å²) < 4.78 is 39.1. The molecule has 152 valence electrons. The van der Waals surface area contributed by atoms with Crippen LogP contribution in [0.1, 0.15) is 27.2 Å². The summed E-state index contributed by atoms with van der Waals surface area (Å²) in [5, 5.41) is 2.72. The summed E-state index contributed by atoms with van der Waals surface area (Å²) in [6.45, 7) is 3.60. The molecule has 8 heteroatoms. The fraction of sp³-hybridized carbons (Fsp3) is 0.190. The predicted molar refractivity (Wildman–Crippen MR) is 110 cm³/mol. The number of aryl methyl sites for hydroxylation is 2. The molecule has 0 radical (unpaired) electrons. The average molecular weight is 414 g/mol. The number of anilines is 1. The van der Waals surface area contributed by atoms with E-state index in [1.165, 1.54) is 13.4 Å². The molecular formula is C21H22N2O5S. The lowest BCUT2D eigenvalue weighted by Crippen LogP contribution is -2.25. The molecule has 1 amide bonds. The number of para-hydroxylation sites is 1. The highest BCUT2D eigenvalue weighted by Crippen LogP contribution is 2.28. The van der Waals surface area contributed by atoms with Gasteiger partial charge in [-0.2, -0.15) is 0 Å². The third kappa shape index (κ3) is 4.60. The van der Waals surface area contributed by atoms with Gasteiger partial charge in [0.05, 0.1) is 36.1 Å². The number of rotatable bonds is 7. The van der Waals surface area contributed by atoms with Gasteiger partial charge in [0, 0.05) is 0 Å². The minimum absolute atomic E-state index is 0.157. The Labute approximate surface area is 169 Å². The smallest absolute Gasteiger partial charge is 0.262 e. The van der Waals surface area contributed by atoms with E-state index >= 15 is 0 Å². The highest BCUT2D eigenvalue weighted by atomic mass is 32.2. The number of hydrogen-bond donors (Lipinski definition) is 2. The van der Waals surface area contributed by atoms with Crippen molar-refractivity contribution in [3.05, 3.63) is 77.2 Å². The predicted octanol–water partition coefficient (Wildman–Crippen LogP) is 3.64. The van der Waals surface area contributed by atoms with Gasteiger partial charge < -0.3 is 14.5 Å². The Bertz CT molecular complexity index is 1100. The van der Waals surface area contributed by atoms with Gasteiger partial charge in [-0.3, -0.25) is 9.52 Å². The van der Waals surface area contributed by atoms with Crippen LogP contribution in [0.25, 0.3) is 0 Å². The number of carbonyl (C=O) groups excluding carboxylic acids is 1. The Balaban J connectivity index is 1.88. The van der Waals surface area contributed by atoms with Crippen LogP contribution < -0.4 is 14.8 Å². The first-order valence-corrected chi connectivity index (χ1v) is 10.4. The molecule has 1 heterocycles. The summed E-state index contributed by atoms with van der Waals surface area (Å²) >= 11 is 0. The van der Waals surface area contributed by atoms with Crippen LogP contribution in [0.3, 0.4) is 0 Å². The second-order valence-corrected chi connectivity index (χ2v) is 8.12. The molecule has 0 fully saturated rings. The number of amides is 1. The van der Waals surface area contributed by atoms with Gasteiger partial charge in [-0.05, 0) is 61.4 Å². The number of methoxy groups -OCH3 is 1. The van der Waals surface area contributed by atoms with Crippen LogP contribution in [0, 0.1) is 13.8 Å². The molecule has 29 heavy (non-hydrogen) atoms. The van der Waals surface area contributed by atoms with Gasteiger partial charge in [-0.1, -0.05) is 12.1 Å². The molecule has 0 saturated carbocycles. The zero-order chi connectivity index (χ0) is 21.0. The summed E-state index contributed by atoms with van der Waals surface area (Å²) in [5.74, 6) is 0.764. The van der Waals surface area contributed by atoms with E-state index < -0.39 is 15.9 Å². The standard InChI is InChI=1S/C21H22N2O5S/c1-14-11-17(27-3)12-15(2)20(14)29(25,26)23-19-9-5-4-8-18(19)21(24)22-13-16-7-6-10-28-16/h4-12,23H,13H2,1-3H3,(H,22,24). The van der Waals surface area contributed by atoms with E-state index in [2.05, 4.69) is 10.0 Å². The van der Waals surface area contributed by atoms with Gasteiger partial charge in [0.15, 0.2) is 0 Å². The number of furan rings is 1. The molecule has 0 aliphatic heterocycles. The van der Waals surface area contributed by atoms with Gasteiger partial charge in [0.2, 0.25) is 0 Å². The van der Waals surface area contributed by atoms with E-state index in [1.807, 2.05) is 0 Å². The summed E-state index contributed by atoms with van der Waals surface area (Å²) in [5.41, 5.74) is 1.51. The Morgan fingerprint density at radius 3 is 2.38 bits per heavy atom. The number of hydrogen-bond acceptors (Lipinski definition) is 5. The van der Waals surface area contributed by atoms with Crippen molar-refractivity contribution in [2.24, 2.45) is 0 Å². The van der Waals surface area contributed by atoms with E-state index in [4.69, 9.17) is 9.15 Å². The van der Waals surface area contributed by atoms with E-state index in [0.717, 1.165) is 0 Å². The lowest BCUT2D eigenvalue weighted by Gasteiger charge is -2.16. The van der Waals surface area contributed by atoms with Crippen LogP contribution in [0.5, 0.6) is 5.75 Å². The van der Waals surface area contributed by atoms with Crippen molar-refractivity contribution < 1.29 is 22.4 Å². The van der Waals surface area contributed by atoms with Crippen molar-refractivity contribution in [1.82, 2.24) is 5.32 Å². The molecule has 7 nitrogen and oxygen atoms in total. The number of sulfonamides is 1. The molecule has 0 aliphatic carbocycles. The fourth-order valence-electron chi connectivity index (χ4n) is 3.09. The third-order valence-electron chi connectivity index (χ3n) is 4.36. The van der Waals surface area contributed by atoms with Crippen LogP contribution >= 0.6 is 0 Å². The lowest BCUT2D eigenvalue weighted by atomic mass is 10.1. The minimum atomic E-state index is -3.92. The quantitative estimate of drug-likeness (QED) is 0.615. The van der Waals surface area contributed by atoms with Crippen LogP contribution in [0.4, 0.5) is 5.69 Å². The second kappa shape index (κ2) is 8.40. The van der Waals surface area contributed by atoms with E-state index in [0.29, 0.717) is 22.6 Å². The van der Waals surface area contributed by atoms with E-state index in [1.54, 1.807) is 62.4 Å². The number of carbonyl (C=O) groups is 1. The Morgan fingerprint density at radius 2 is 1.76 bits per heavy atom. The summed E-state index contributed by atoms with van der Waals surface area (Å²) in [6.07, 6.45) is 1.52. The Kier molecular flexibility index (Phi) is 5.93. The lowest BCUT2D eigenvalue weighted by molar-refractivity contribution is 0.0949. The molecule has 0 atom stereocenters. The molecule has 3 rings (SSSR count). The first kappa shape index (κ1) is 20.5. The van der Waals surface area contributed by atoms with Crippen LogP contribution in [0.15, 0.2) is 64.1 Å². The topological polar surface area (TPSA) is 97.6 Å². The van der Waals surface area contributed by atoms with Gasteiger partial charge in [-0.15, -0.1) is 0 Å². The normalized spacial score (nSPS) is 11.1. The van der Waals surface area contributed by atoms with Crippen LogP contribution in [-0.4, -0.2) is 21.4 Å². The van der Waals surface area contributed by atoms with E-state index in [9.17, 15) is 13.2 Å². The second-order valence-electron chi connectivity index (χ2n) is 6.50. The number of benzene rings is 2.